The normalized spacial score (nSPS) is 9.25. The minimum atomic E-state index is -0.136. The van der Waals surface area contributed by atoms with Gasteiger partial charge in [-0.15, -0.1) is 36.2 Å². The van der Waals surface area contributed by atoms with Crippen molar-refractivity contribution in [1.82, 2.24) is 20.3 Å². The first-order valence-electron chi connectivity index (χ1n) is 5.52. The first kappa shape index (κ1) is 18.7. The van der Waals surface area contributed by atoms with E-state index in [-0.39, 0.29) is 30.7 Å². The number of thiazole rings is 1. The molecule has 20 heavy (non-hydrogen) atoms. The van der Waals surface area contributed by atoms with Crippen LogP contribution in [0, 0.1) is 0 Å². The molecular weight excluding hydrogens is 321 g/mol. The number of carbonyl (C=O) groups excluding carboxylic acids is 1. The van der Waals surface area contributed by atoms with Crippen molar-refractivity contribution in [2.75, 3.05) is 13.1 Å². The number of rotatable bonds is 5. The molecule has 0 fully saturated rings. The van der Waals surface area contributed by atoms with Crippen LogP contribution in [0.25, 0.3) is 10.8 Å². The average Bonchev–Trinajstić information content (AvgIpc) is 2.89. The number of halogens is 2. The number of nitrogens with zero attached hydrogens (tertiary/aromatic N) is 3. The molecule has 0 saturated heterocycles. The van der Waals surface area contributed by atoms with E-state index in [1.165, 1.54) is 17.5 Å². The van der Waals surface area contributed by atoms with Crippen LogP contribution in [-0.2, 0) is 0 Å². The topological polar surface area (TPSA) is 93.8 Å². The lowest BCUT2D eigenvalue weighted by Gasteiger charge is -2.00. The van der Waals surface area contributed by atoms with Crippen molar-refractivity contribution >= 4 is 42.1 Å². The van der Waals surface area contributed by atoms with E-state index in [4.69, 9.17) is 5.73 Å². The van der Waals surface area contributed by atoms with E-state index < -0.39 is 0 Å². The Morgan fingerprint density at radius 3 is 2.60 bits per heavy atom. The molecule has 0 spiro atoms. The van der Waals surface area contributed by atoms with Crippen molar-refractivity contribution in [2.24, 2.45) is 5.73 Å². The molecule has 0 atom stereocenters. The van der Waals surface area contributed by atoms with Crippen LogP contribution in [-0.4, -0.2) is 33.9 Å². The molecule has 0 aliphatic carbocycles. The molecule has 0 radical (unpaired) electrons. The zero-order valence-corrected chi connectivity index (χ0v) is 12.9. The minimum Gasteiger partial charge on any atom is -0.351 e. The van der Waals surface area contributed by atoms with E-state index in [1.807, 2.05) is 0 Å². The Labute approximate surface area is 133 Å². The first-order valence-corrected chi connectivity index (χ1v) is 6.34. The number of nitrogens with two attached hydrogens (primary N) is 1. The largest absolute Gasteiger partial charge is 0.351 e. The van der Waals surface area contributed by atoms with Gasteiger partial charge in [-0.3, -0.25) is 4.79 Å². The Hall–Kier alpha value is -1.28. The molecule has 0 saturated carbocycles. The lowest BCUT2D eigenvalue weighted by atomic mass is 10.4. The molecule has 0 aromatic carbocycles. The van der Waals surface area contributed by atoms with Gasteiger partial charge in [0.1, 0.15) is 4.88 Å². The summed E-state index contributed by atoms with van der Waals surface area (Å²) in [5.41, 5.74) is 5.36. The summed E-state index contributed by atoms with van der Waals surface area (Å²) < 4.78 is 0. The van der Waals surface area contributed by atoms with Gasteiger partial charge in [0.2, 0.25) is 0 Å². The molecule has 2 aromatic rings. The van der Waals surface area contributed by atoms with Gasteiger partial charge in [0, 0.05) is 18.9 Å². The molecule has 1 amide bonds. The second-order valence-corrected chi connectivity index (χ2v) is 4.53. The summed E-state index contributed by atoms with van der Waals surface area (Å²) in [5.74, 6) is 0.395. The second-order valence-electron chi connectivity index (χ2n) is 3.50. The molecule has 9 heteroatoms. The molecule has 0 aliphatic heterocycles. The predicted molar refractivity (Wildman–Crippen MR) is 83.6 cm³/mol. The molecule has 0 aliphatic rings. The highest BCUT2D eigenvalue weighted by molar-refractivity contribution is 7.16. The Kier molecular flexibility index (Phi) is 8.98. The van der Waals surface area contributed by atoms with E-state index >= 15 is 0 Å². The number of amides is 1. The first-order chi connectivity index (χ1) is 8.81. The molecule has 2 heterocycles. The molecule has 3 N–H and O–H groups in total. The maximum Gasteiger partial charge on any atom is 0.263 e. The molecule has 2 aromatic heterocycles. The highest BCUT2D eigenvalue weighted by Gasteiger charge is 2.12. The van der Waals surface area contributed by atoms with Crippen LogP contribution in [0.1, 0.15) is 16.1 Å². The second kappa shape index (κ2) is 9.60. The fourth-order valence-electron chi connectivity index (χ4n) is 1.28. The van der Waals surface area contributed by atoms with Crippen LogP contribution < -0.4 is 11.1 Å². The van der Waals surface area contributed by atoms with Gasteiger partial charge in [0.15, 0.2) is 10.8 Å². The number of hydrogen-bond acceptors (Lipinski definition) is 6. The van der Waals surface area contributed by atoms with Crippen LogP contribution >= 0.6 is 36.2 Å². The summed E-state index contributed by atoms with van der Waals surface area (Å²) in [6.07, 6.45) is 5.59. The summed E-state index contributed by atoms with van der Waals surface area (Å²) >= 11 is 1.27. The zero-order chi connectivity index (χ0) is 12.8. The molecule has 0 unspecified atom stereocenters. The summed E-state index contributed by atoms with van der Waals surface area (Å²) in [6, 6.07) is 1.73. The van der Waals surface area contributed by atoms with Crippen molar-refractivity contribution in [3.05, 3.63) is 29.5 Å². The summed E-state index contributed by atoms with van der Waals surface area (Å²) in [4.78, 5) is 24.6. The zero-order valence-electron chi connectivity index (χ0n) is 10.5. The maximum atomic E-state index is 11.7. The van der Waals surface area contributed by atoms with Crippen LogP contribution in [0.15, 0.2) is 24.7 Å². The molecule has 2 rings (SSSR count). The Bertz CT molecular complexity index is 523. The number of aromatic nitrogens is 3. The van der Waals surface area contributed by atoms with Crippen LogP contribution in [0.4, 0.5) is 0 Å². The van der Waals surface area contributed by atoms with Gasteiger partial charge >= 0.3 is 0 Å². The van der Waals surface area contributed by atoms with Crippen molar-refractivity contribution in [2.45, 2.75) is 6.42 Å². The highest BCUT2D eigenvalue weighted by atomic mass is 35.5. The third kappa shape index (κ3) is 5.01. The predicted octanol–water partition coefficient (Wildman–Crippen LogP) is 1.52. The van der Waals surface area contributed by atoms with E-state index in [0.29, 0.717) is 28.8 Å². The lowest BCUT2D eigenvalue weighted by molar-refractivity contribution is 0.0957. The van der Waals surface area contributed by atoms with Crippen LogP contribution in [0.5, 0.6) is 0 Å². The lowest BCUT2D eigenvalue weighted by Crippen LogP contribution is -2.25. The fourth-order valence-corrected chi connectivity index (χ4v) is 2.06. The van der Waals surface area contributed by atoms with E-state index in [0.717, 1.165) is 6.42 Å². The Morgan fingerprint density at radius 1 is 1.25 bits per heavy atom. The summed E-state index contributed by atoms with van der Waals surface area (Å²) in [6.45, 7) is 1.14. The van der Waals surface area contributed by atoms with Gasteiger partial charge in [-0.2, -0.15) is 0 Å². The smallest absolute Gasteiger partial charge is 0.263 e. The minimum absolute atomic E-state index is 0. The van der Waals surface area contributed by atoms with E-state index in [2.05, 4.69) is 20.3 Å². The van der Waals surface area contributed by atoms with E-state index in [9.17, 15) is 4.79 Å². The average molecular weight is 336 g/mol. The van der Waals surface area contributed by atoms with E-state index in [1.54, 1.807) is 18.5 Å². The fraction of sp³-hybridized carbons (Fsp3) is 0.273. The van der Waals surface area contributed by atoms with Gasteiger partial charge in [-0.25, -0.2) is 15.0 Å². The van der Waals surface area contributed by atoms with Gasteiger partial charge in [0.25, 0.3) is 5.91 Å². The Morgan fingerprint density at radius 2 is 1.95 bits per heavy atom. The molecule has 0 bridgehead atoms. The number of carbonyl (C=O) groups is 1. The molecule has 110 valence electrons. The summed E-state index contributed by atoms with van der Waals surface area (Å²) in [5, 5.41) is 3.41. The Balaban J connectivity index is 0.00000180. The van der Waals surface area contributed by atoms with Crippen molar-refractivity contribution in [3.8, 4) is 10.8 Å². The highest BCUT2D eigenvalue weighted by Crippen LogP contribution is 2.21. The number of nitrogens with one attached hydrogen (secondary N) is 1. The van der Waals surface area contributed by atoms with Gasteiger partial charge in [0.05, 0.1) is 6.20 Å². The monoisotopic (exact) mass is 335 g/mol. The summed E-state index contributed by atoms with van der Waals surface area (Å²) in [7, 11) is 0. The maximum absolute atomic E-state index is 11.7. The molecular formula is C11H15Cl2N5OS. The van der Waals surface area contributed by atoms with Crippen LogP contribution in [0.2, 0.25) is 0 Å². The van der Waals surface area contributed by atoms with Gasteiger partial charge < -0.3 is 11.1 Å². The van der Waals surface area contributed by atoms with Crippen molar-refractivity contribution < 1.29 is 4.79 Å². The van der Waals surface area contributed by atoms with Gasteiger partial charge in [-0.1, -0.05) is 0 Å². The number of hydrogen-bond donors (Lipinski definition) is 2. The third-order valence-electron chi connectivity index (χ3n) is 2.15. The standard InChI is InChI=1S/C11H13N5OS.2ClH/c12-3-1-4-15-10(17)8-7-16-11(18-8)9-13-5-2-6-14-9;;/h2,5-7H,1,3-4,12H2,(H,15,17);2*1H. The SMILES string of the molecule is Cl.Cl.NCCCNC(=O)c1cnc(-c2ncccn2)s1. The third-order valence-corrected chi connectivity index (χ3v) is 3.15. The van der Waals surface area contributed by atoms with Crippen molar-refractivity contribution in [1.29, 1.82) is 0 Å². The quantitative estimate of drug-likeness (QED) is 0.808. The van der Waals surface area contributed by atoms with Gasteiger partial charge in [-0.05, 0) is 19.0 Å². The molecule has 6 nitrogen and oxygen atoms in total. The van der Waals surface area contributed by atoms with Crippen LogP contribution in [0.3, 0.4) is 0 Å². The van der Waals surface area contributed by atoms with Crippen molar-refractivity contribution in [3.63, 3.8) is 0 Å².